The van der Waals surface area contributed by atoms with E-state index < -0.39 is 27.9 Å². The van der Waals surface area contributed by atoms with Crippen molar-refractivity contribution in [1.82, 2.24) is 0 Å². The SMILES string of the molecule is O=C(O)CC1(F)CCS(=O)(=O)CC1. The Morgan fingerprint density at radius 2 is 1.85 bits per heavy atom. The molecule has 0 unspecified atom stereocenters. The van der Waals surface area contributed by atoms with E-state index in [-0.39, 0.29) is 24.3 Å². The average molecular weight is 210 g/mol. The Kier molecular flexibility index (Phi) is 2.61. The lowest BCUT2D eigenvalue weighted by Gasteiger charge is -2.27. The molecule has 13 heavy (non-hydrogen) atoms. The molecular formula is C7H11FO4S. The molecule has 1 heterocycles. The zero-order valence-corrected chi connectivity index (χ0v) is 7.81. The number of hydrogen-bond acceptors (Lipinski definition) is 3. The van der Waals surface area contributed by atoms with Gasteiger partial charge in [-0.2, -0.15) is 0 Å². The number of rotatable bonds is 2. The van der Waals surface area contributed by atoms with Crippen LogP contribution in [0.2, 0.25) is 0 Å². The van der Waals surface area contributed by atoms with Gasteiger partial charge in [0.15, 0.2) is 9.84 Å². The molecule has 0 aromatic heterocycles. The summed E-state index contributed by atoms with van der Waals surface area (Å²) in [6.07, 6.45) is -0.980. The summed E-state index contributed by atoms with van der Waals surface area (Å²) in [5, 5.41) is 8.37. The van der Waals surface area contributed by atoms with Crippen LogP contribution in [0, 0.1) is 0 Å². The molecule has 0 radical (unpaired) electrons. The van der Waals surface area contributed by atoms with E-state index in [2.05, 4.69) is 0 Å². The standard InChI is InChI=1S/C7H11FO4S/c8-7(5-6(9)10)1-3-13(11,12)4-2-7/h1-5H2,(H,9,10). The lowest BCUT2D eigenvalue weighted by molar-refractivity contribution is -0.140. The topological polar surface area (TPSA) is 71.4 Å². The van der Waals surface area contributed by atoms with Crippen LogP contribution in [0.15, 0.2) is 0 Å². The molecule has 0 atom stereocenters. The fourth-order valence-corrected chi connectivity index (χ4v) is 2.91. The lowest BCUT2D eigenvalue weighted by atomic mass is 9.95. The third-order valence-electron chi connectivity index (χ3n) is 2.19. The minimum Gasteiger partial charge on any atom is -0.481 e. The summed E-state index contributed by atoms with van der Waals surface area (Å²) in [6.45, 7) is 0. The Balaban J connectivity index is 2.61. The Morgan fingerprint density at radius 3 is 2.23 bits per heavy atom. The number of aliphatic carboxylic acids is 1. The molecule has 1 aliphatic heterocycles. The lowest BCUT2D eigenvalue weighted by Crippen LogP contribution is -2.37. The van der Waals surface area contributed by atoms with Crippen molar-refractivity contribution in [2.24, 2.45) is 0 Å². The summed E-state index contributed by atoms with van der Waals surface area (Å²) in [5.74, 6) is -1.70. The summed E-state index contributed by atoms with van der Waals surface area (Å²) < 4.78 is 35.3. The predicted molar refractivity (Wildman–Crippen MR) is 44.0 cm³/mol. The highest BCUT2D eigenvalue weighted by Gasteiger charge is 2.39. The van der Waals surface area contributed by atoms with Crippen molar-refractivity contribution in [2.75, 3.05) is 11.5 Å². The van der Waals surface area contributed by atoms with Crippen LogP contribution < -0.4 is 0 Å². The van der Waals surface area contributed by atoms with Crippen molar-refractivity contribution in [3.63, 3.8) is 0 Å². The van der Waals surface area contributed by atoms with E-state index in [1.807, 2.05) is 0 Å². The molecule has 1 rings (SSSR count). The first-order valence-corrected chi connectivity index (χ1v) is 5.76. The van der Waals surface area contributed by atoms with E-state index in [4.69, 9.17) is 5.11 Å². The van der Waals surface area contributed by atoms with E-state index in [0.29, 0.717) is 0 Å². The molecule has 0 amide bonds. The number of sulfone groups is 1. The van der Waals surface area contributed by atoms with Gasteiger partial charge in [0.2, 0.25) is 0 Å². The van der Waals surface area contributed by atoms with Crippen molar-refractivity contribution >= 4 is 15.8 Å². The van der Waals surface area contributed by atoms with E-state index in [0.717, 1.165) is 0 Å². The summed E-state index contributed by atoms with van der Waals surface area (Å²) in [5.41, 5.74) is -1.82. The van der Waals surface area contributed by atoms with E-state index in [1.165, 1.54) is 0 Å². The van der Waals surface area contributed by atoms with Crippen molar-refractivity contribution in [2.45, 2.75) is 24.9 Å². The zero-order chi connectivity index (χ0) is 10.1. The van der Waals surface area contributed by atoms with Crippen LogP contribution in [0.1, 0.15) is 19.3 Å². The third-order valence-corrected chi connectivity index (χ3v) is 3.84. The average Bonchev–Trinajstić information content (AvgIpc) is 1.95. The van der Waals surface area contributed by atoms with Gasteiger partial charge in [0, 0.05) is 0 Å². The van der Waals surface area contributed by atoms with Crippen molar-refractivity contribution in [1.29, 1.82) is 0 Å². The molecule has 0 aliphatic carbocycles. The number of alkyl halides is 1. The first-order chi connectivity index (χ1) is 5.83. The molecule has 1 aliphatic rings. The molecule has 6 heteroatoms. The first kappa shape index (κ1) is 10.4. The molecule has 1 N–H and O–H groups in total. The third kappa shape index (κ3) is 2.95. The molecule has 0 aromatic carbocycles. The molecular weight excluding hydrogens is 199 g/mol. The minimum absolute atomic E-state index is 0.193. The smallest absolute Gasteiger partial charge is 0.306 e. The van der Waals surface area contributed by atoms with E-state index in [9.17, 15) is 17.6 Å². The summed E-state index contributed by atoms with van der Waals surface area (Å²) in [6, 6.07) is 0. The molecule has 0 aromatic rings. The molecule has 4 nitrogen and oxygen atoms in total. The fraction of sp³-hybridized carbons (Fsp3) is 0.857. The maximum atomic E-state index is 13.5. The van der Waals surface area contributed by atoms with Gasteiger partial charge >= 0.3 is 5.97 Å². The zero-order valence-electron chi connectivity index (χ0n) is 6.99. The van der Waals surface area contributed by atoms with Crippen LogP contribution in [-0.2, 0) is 14.6 Å². The van der Waals surface area contributed by atoms with Gasteiger partial charge in [-0.1, -0.05) is 0 Å². The Hall–Kier alpha value is -0.650. The van der Waals surface area contributed by atoms with Gasteiger partial charge in [-0.05, 0) is 12.8 Å². The highest BCUT2D eigenvalue weighted by Crippen LogP contribution is 2.30. The fourth-order valence-electron chi connectivity index (χ4n) is 1.35. The Labute approximate surface area is 75.7 Å². The predicted octanol–water partition coefficient (Wildman–Crippen LogP) is 0.378. The van der Waals surface area contributed by atoms with Crippen LogP contribution in [0.25, 0.3) is 0 Å². The highest BCUT2D eigenvalue weighted by molar-refractivity contribution is 7.91. The molecule has 0 bridgehead atoms. The second-order valence-electron chi connectivity index (χ2n) is 3.37. The van der Waals surface area contributed by atoms with Gasteiger partial charge in [-0.15, -0.1) is 0 Å². The number of halogens is 1. The summed E-state index contributed by atoms with van der Waals surface area (Å²) in [7, 11) is -3.12. The van der Waals surface area contributed by atoms with Gasteiger partial charge in [0.25, 0.3) is 0 Å². The van der Waals surface area contributed by atoms with Crippen LogP contribution >= 0.6 is 0 Å². The van der Waals surface area contributed by atoms with Gasteiger partial charge in [0.05, 0.1) is 17.9 Å². The van der Waals surface area contributed by atoms with Crippen LogP contribution in [0.5, 0.6) is 0 Å². The summed E-state index contributed by atoms with van der Waals surface area (Å²) >= 11 is 0. The van der Waals surface area contributed by atoms with Crippen molar-refractivity contribution < 1.29 is 22.7 Å². The number of carboxylic acid groups (broad SMARTS) is 1. The normalized spacial score (nSPS) is 25.3. The maximum Gasteiger partial charge on any atom is 0.306 e. The largest absolute Gasteiger partial charge is 0.481 e. The minimum atomic E-state index is -3.12. The van der Waals surface area contributed by atoms with E-state index in [1.54, 1.807) is 0 Å². The van der Waals surface area contributed by atoms with Gasteiger partial charge in [-0.25, -0.2) is 12.8 Å². The summed E-state index contributed by atoms with van der Waals surface area (Å²) in [4.78, 5) is 10.2. The number of hydrogen-bond donors (Lipinski definition) is 1. The highest BCUT2D eigenvalue weighted by atomic mass is 32.2. The van der Waals surface area contributed by atoms with E-state index >= 15 is 0 Å². The number of carboxylic acids is 1. The van der Waals surface area contributed by atoms with Gasteiger partial charge < -0.3 is 5.11 Å². The van der Waals surface area contributed by atoms with Crippen LogP contribution in [0.3, 0.4) is 0 Å². The maximum absolute atomic E-state index is 13.5. The molecule has 1 fully saturated rings. The van der Waals surface area contributed by atoms with Gasteiger partial charge in [0.1, 0.15) is 5.67 Å². The number of carbonyl (C=O) groups is 1. The molecule has 76 valence electrons. The second-order valence-corrected chi connectivity index (χ2v) is 5.68. The first-order valence-electron chi connectivity index (χ1n) is 3.94. The monoisotopic (exact) mass is 210 g/mol. The van der Waals surface area contributed by atoms with Crippen molar-refractivity contribution in [3.8, 4) is 0 Å². The van der Waals surface area contributed by atoms with Crippen LogP contribution in [0.4, 0.5) is 4.39 Å². The van der Waals surface area contributed by atoms with Crippen molar-refractivity contribution in [3.05, 3.63) is 0 Å². The molecule has 0 saturated carbocycles. The molecule has 0 spiro atoms. The van der Waals surface area contributed by atoms with Gasteiger partial charge in [-0.3, -0.25) is 4.79 Å². The van der Waals surface area contributed by atoms with Crippen LogP contribution in [-0.4, -0.2) is 36.7 Å². The quantitative estimate of drug-likeness (QED) is 0.715. The second kappa shape index (κ2) is 3.25. The molecule has 1 saturated heterocycles. The Morgan fingerprint density at radius 1 is 1.38 bits per heavy atom. The Bertz CT molecular complexity index is 294.